The maximum Gasteiger partial charge on any atom is 0.267 e. The number of hydrogen-bond acceptors (Lipinski definition) is 6. The number of methoxy groups -OCH3 is 1. The lowest BCUT2D eigenvalue weighted by molar-refractivity contribution is -0.124. The van der Waals surface area contributed by atoms with Gasteiger partial charge in [-0.15, -0.1) is 0 Å². The van der Waals surface area contributed by atoms with Gasteiger partial charge >= 0.3 is 0 Å². The minimum atomic E-state index is -3.99. The van der Waals surface area contributed by atoms with Crippen LogP contribution in [-0.2, 0) is 14.8 Å². The fraction of sp³-hybridized carbons (Fsp3) is 0.480. The van der Waals surface area contributed by atoms with E-state index in [1.807, 2.05) is 6.07 Å². The molecule has 190 valence electrons. The number of piperidine rings is 1. The van der Waals surface area contributed by atoms with Crippen molar-refractivity contribution in [3.63, 3.8) is 0 Å². The number of carbonyl (C=O) groups is 1. The van der Waals surface area contributed by atoms with E-state index in [-0.39, 0.29) is 22.7 Å². The molecule has 2 aliphatic rings. The second-order valence-corrected chi connectivity index (χ2v) is 11.5. The number of hydrogen-bond donors (Lipinski definition) is 1. The highest BCUT2D eigenvalue weighted by molar-refractivity contribution is 7.90. The van der Waals surface area contributed by atoms with Gasteiger partial charge in [0.25, 0.3) is 10.0 Å². The Balaban J connectivity index is 1.24. The van der Waals surface area contributed by atoms with Crippen LogP contribution in [0.25, 0.3) is 0 Å². The summed E-state index contributed by atoms with van der Waals surface area (Å²) in [4.78, 5) is 15.2. The van der Waals surface area contributed by atoms with E-state index in [0.29, 0.717) is 28.9 Å². The number of amides is 1. The van der Waals surface area contributed by atoms with Gasteiger partial charge in [0.2, 0.25) is 5.91 Å². The molecule has 1 N–H and O–H groups in total. The van der Waals surface area contributed by atoms with Gasteiger partial charge in [-0.1, -0.05) is 35.3 Å². The second-order valence-electron chi connectivity index (χ2n) is 9.06. The van der Waals surface area contributed by atoms with Gasteiger partial charge in [0.05, 0.1) is 17.2 Å². The Bertz CT molecular complexity index is 1140. The molecule has 1 aliphatic heterocycles. The molecule has 0 radical (unpaired) electrons. The molecule has 35 heavy (non-hydrogen) atoms. The highest BCUT2D eigenvalue weighted by atomic mass is 35.5. The second kappa shape index (κ2) is 11.4. The molecule has 0 unspecified atom stereocenters. The third-order valence-corrected chi connectivity index (χ3v) is 8.97. The van der Waals surface area contributed by atoms with Gasteiger partial charge in [-0.05, 0) is 62.8 Å². The number of nitrogens with zero attached hydrogens (tertiary/aromatic N) is 1. The highest BCUT2D eigenvalue weighted by Gasteiger charge is 2.33. The van der Waals surface area contributed by atoms with E-state index in [1.165, 1.54) is 13.2 Å². The molecule has 2 aromatic rings. The summed E-state index contributed by atoms with van der Waals surface area (Å²) in [7, 11) is -2.58. The summed E-state index contributed by atoms with van der Waals surface area (Å²) >= 11 is 12.1. The minimum Gasteiger partial charge on any atom is -0.495 e. The van der Waals surface area contributed by atoms with Crippen LogP contribution in [0, 0.1) is 5.92 Å². The van der Waals surface area contributed by atoms with Crippen LogP contribution in [0.3, 0.4) is 0 Å². The van der Waals surface area contributed by atoms with Crippen LogP contribution in [-0.4, -0.2) is 51.6 Å². The number of ether oxygens (including phenoxy) is 2. The van der Waals surface area contributed by atoms with Gasteiger partial charge in [0.15, 0.2) is 0 Å². The molecule has 2 aromatic carbocycles. The smallest absolute Gasteiger partial charge is 0.267 e. The van der Waals surface area contributed by atoms with Gasteiger partial charge in [-0.3, -0.25) is 4.79 Å². The van der Waals surface area contributed by atoms with Crippen LogP contribution in [0.2, 0.25) is 10.0 Å². The van der Waals surface area contributed by atoms with Crippen molar-refractivity contribution in [1.29, 1.82) is 0 Å². The van der Waals surface area contributed by atoms with Crippen LogP contribution >= 0.6 is 23.2 Å². The SMILES string of the molecule is COc1ccccc1S(=O)(=O)NC(=O)C1CCC(N2CCC(Oc3ccc(Cl)c(Cl)c3)CC2)CC1. The van der Waals surface area contributed by atoms with Crippen LogP contribution in [0.1, 0.15) is 38.5 Å². The Morgan fingerprint density at radius 3 is 2.31 bits per heavy atom. The topological polar surface area (TPSA) is 84.9 Å². The zero-order chi connectivity index (χ0) is 25.0. The lowest BCUT2D eigenvalue weighted by atomic mass is 9.84. The number of para-hydroxylation sites is 1. The van der Waals surface area contributed by atoms with Crippen molar-refractivity contribution < 1.29 is 22.7 Å². The summed E-state index contributed by atoms with van der Waals surface area (Å²) in [5.74, 6) is 0.185. The Hall–Kier alpha value is -2.00. The number of halogens is 2. The molecular weight excluding hydrogens is 511 g/mol. The highest BCUT2D eigenvalue weighted by Crippen LogP contribution is 2.32. The first-order valence-electron chi connectivity index (χ1n) is 11.8. The van der Waals surface area contributed by atoms with Crippen molar-refractivity contribution in [3.05, 3.63) is 52.5 Å². The quantitative estimate of drug-likeness (QED) is 0.537. The molecule has 1 heterocycles. The number of benzene rings is 2. The Labute approximate surface area is 216 Å². The summed E-state index contributed by atoms with van der Waals surface area (Å²) in [6.07, 6.45) is 5.02. The lowest BCUT2D eigenvalue weighted by Gasteiger charge is -2.40. The Morgan fingerprint density at radius 1 is 0.971 bits per heavy atom. The van der Waals surface area contributed by atoms with Gasteiger partial charge < -0.3 is 14.4 Å². The molecule has 0 atom stereocenters. The van der Waals surface area contributed by atoms with Crippen LogP contribution in [0.15, 0.2) is 47.4 Å². The van der Waals surface area contributed by atoms with E-state index >= 15 is 0 Å². The average Bonchev–Trinajstić information content (AvgIpc) is 2.86. The number of rotatable bonds is 7. The van der Waals surface area contributed by atoms with E-state index in [9.17, 15) is 13.2 Å². The number of nitrogens with one attached hydrogen (secondary N) is 1. The first-order chi connectivity index (χ1) is 16.8. The predicted octanol–water partition coefficient (Wildman–Crippen LogP) is 4.91. The minimum absolute atomic E-state index is 0.0319. The summed E-state index contributed by atoms with van der Waals surface area (Å²) in [5, 5.41) is 0.994. The molecule has 4 rings (SSSR count). The van der Waals surface area contributed by atoms with Crippen LogP contribution in [0.5, 0.6) is 11.5 Å². The van der Waals surface area contributed by atoms with E-state index in [4.69, 9.17) is 32.7 Å². The largest absolute Gasteiger partial charge is 0.495 e. The molecule has 1 saturated heterocycles. The number of carbonyl (C=O) groups excluding carboxylic acids is 1. The van der Waals surface area contributed by atoms with Gasteiger partial charge in [-0.2, -0.15) is 0 Å². The molecule has 1 saturated carbocycles. The Morgan fingerprint density at radius 2 is 1.66 bits per heavy atom. The zero-order valence-corrected chi connectivity index (χ0v) is 21.9. The molecule has 1 amide bonds. The maximum atomic E-state index is 12.8. The molecule has 0 bridgehead atoms. The third kappa shape index (κ3) is 6.42. The van der Waals surface area contributed by atoms with E-state index in [0.717, 1.165) is 44.5 Å². The fourth-order valence-electron chi connectivity index (χ4n) is 4.92. The molecular formula is C25H30Cl2N2O5S. The fourth-order valence-corrected chi connectivity index (χ4v) is 6.42. The summed E-state index contributed by atoms with van der Waals surface area (Å²) in [6, 6.07) is 12.0. The molecule has 10 heteroatoms. The molecule has 1 aliphatic carbocycles. The van der Waals surface area contributed by atoms with Gasteiger partial charge in [-0.25, -0.2) is 13.1 Å². The number of likely N-dealkylation sites (tertiary alicyclic amines) is 1. The van der Waals surface area contributed by atoms with Crippen LogP contribution in [0.4, 0.5) is 0 Å². The first kappa shape index (κ1) is 26.1. The van der Waals surface area contributed by atoms with E-state index < -0.39 is 15.9 Å². The van der Waals surface area contributed by atoms with E-state index in [1.54, 1.807) is 30.3 Å². The molecule has 0 aromatic heterocycles. The summed E-state index contributed by atoms with van der Waals surface area (Å²) < 4.78 is 38.9. The standard InChI is InChI=1S/C25H30Cl2N2O5S/c1-33-23-4-2-3-5-24(23)35(31,32)28-25(30)17-6-8-18(9-7-17)29-14-12-19(13-15-29)34-20-10-11-21(26)22(27)16-20/h2-5,10-11,16-19H,6-9,12-15H2,1H3,(H,28,30). The van der Waals surface area contributed by atoms with Gasteiger partial charge in [0, 0.05) is 31.1 Å². The van der Waals surface area contributed by atoms with Gasteiger partial charge in [0.1, 0.15) is 22.5 Å². The predicted molar refractivity (Wildman–Crippen MR) is 136 cm³/mol. The van der Waals surface area contributed by atoms with Crippen molar-refractivity contribution >= 4 is 39.1 Å². The first-order valence-corrected chi connectivity index (χ1v) is 14.1. The molecule has 7 nitrogen and oxygen atoms in total. The summed E-state index contributed by atoms with van der Waals surface area (Å²) in [6.45, 7) is 1.85. The third-order valence-electron chi connectivity index (χ3n) is 6.85. The van der Waals surface area contributed by atoms with Crippen molar-refractivity contribution in [2.75, 3.05) is 20.2 Å². The Kier molecular flexibility index (Phi) is 8.47. The van der Waals surface area contributed by atoms with Crippen molar-refractivity contribution in [2.45, 2.75) is 55.6 Å². The van der Waals surface area contributed by atoms with Crippen molar-refractivity contribution in [1.82, 2.24) is 9.62 Å². The van der Waals surface area contributed by atoms with Crippen molar-refractivity contribution in [3.8, 4) is 11.5 Å². The zero-order valence-electron chi connectivity index (χ0n) is 19.6. The normalized spacial score (nSPS) is 21.9. The summed E-state index contributed by atoms with van der Waals surface area (Å²) in [5.41, 5.74) is 0. The lowest BCUT2D eigenvalue weighted by Crippen LogP contribution is -2.46. The molecule has 2 fully saturated rings. The molecule has 0 spiro atoms. The monoisotopic (exact) mass is 540 g/mol. The maximum absolute atomic E-state index is 12.8. The van der Waals surface area contributed by atoms with Crippen molar-refractivity contribution in [2.24, 2.45) is 5.92 Å². The number of sulfonamides is 1. The average molecular weight is 541 g/mol. The van der Waals surface area contributed by atoms with E-state index in [2.05, 4.69) is 9.62 Å². The van der Waals surface area contributed by atoms with Crippen LogP contribution < -0.4 is 14.2 Å².